The zero-order valence-corrected chi connectivity index (χ0v) is 13.4. The van der Waals surface area contributed by atoms with Gasteiger partial charge < -0.3 is 10.6 Å². The van der Waals surface area contributed by atoms with Crippen LogP contribution in [0.1, 0.15) is 64.6 Å². The van der Waals surface area contributed by atoms with Crippen LogP contribution >= 0.6 is 0 Å². The summed E-state index contributed by atoms with van der Waals surface area (Å²) in [4.78, 5) is 6.92. The molecule has 0 amide bonds. The fourth-order valence-corrected chi connectivity index (χ4v) is 3.02. The third-order valence-electron chi connectivity index (χ3n) is 4.85. The second-order valence-corrected chi connectivity index (χ2v) is 6.96. The number of pyridine rings is 1. The maximum absolute atomic E-state index is 6.02. The molecule has 2 rings (SSSR count). The van der Waals surface area contributed by atoms with Crippen molar-refractivity contribution in [2.45, 2.75) is 65.0 Å². The van der Waals surface area contributed by atoms with Gasteiger partial charge in [-0.2, -0.15) is 0 Å². The van der Waals surface area contributed by atoms with E-state index < -0.39 is 0 Å². The molecule has 0 saturated heterocycles. The Morgan fingerprint density at radius 3 is 2.50 bits per heavy atom. The molecule has 0 aliphatic heterocycles. The Labute approximate surface area is 123 Å². The Morgan fingerprint density at radius 1 is 1.35 bits per heavy atom. The van der Waals surface area contributed by atoms with E-state index in [1.54, 1.807) is 0 Å². The summed E-state index contributed by atoms with van der Waals surface area (Å²) in [5.41, 5.74) is 8.74. The smallest absolute Gasteiger partial charge is 0.0572 e. The summed E-state index contributed by atoms with van der Waals surface area (Å²) in [6.07, 6.45) is 8.09. The van der Waals surface area contributed by atoms with E-state index in [0.29, 0.717) is 11.5 Å². The van der Waals surface area contributed by atoms with Crippen molar-refractivity contribution in [1.29, 1.82) is 0 Å². The van der Waals surface area contributed by atoms with E-state index in [4.69, 9.17) is 5.73 Å². The molecule has 1 aliphatic carbocycles. The van der Waals surface area contributed by atoms with Crippen LogP contribution in [-0.4, -0.2) is 18.1 Å². The van der Waals surface area contributed by atoms with Crippen LogP contribution in [0.2, 0.25) is 0 Å². The van der Waals surface area contributed by atoms with Gasteiger partial charge in [0, 0.05) is 19.1 Å². The van der Waals surface area contributed by atoms with Gasteiger partial charge in [0.1, 0.15) is 0 Å². The van der Waals surface area contributed by atoms with Crippen LogP contribution in [0.25, 0.3) is 0 Å². The van der Waals surface area contributed by atoms with Crippen LogP contribution in [0.3, 0.4) is 0 Å². The quantitative estimate of drug-likeness (QED) is 0.906. The molecular weight excluding hydrogens is 246 g/mol. The minimum Gasteiger partial charge on any atom is -0.370 e. The lowest BCUT2D eigenvalue weighted by Crippen LogP contribution is -2.37. The summed E-state index contributed by atoms with van der Waals surface area (Å²) in [7, 11) is 2.19. The van der Waals surface area contributed by atoms with E-state index in [1.165, 1.54) is 31.4 Å². The van der Waals surface area contributed by atoms with E-state index in [2.05, 4.69) is 49.8 Å². The number of aromatic nitrogens is 1. The fraction of sp³-hybridized carbons (Fsp3) is 0.706. The topological polar surface area (TPSA) is 42.1 Å². The molecule has 1 aliphatic rings. The van der Waals surface area contributed by atoms with Gasteiger partial charge in [0.2, 0.25) is 0 Å². The number of nitrogens with zero attached hydrogens (tertiary/aromatic N) is 2. The second-order valence-electron chi connectivity index (χ2n) is 6.96. The summed E-state index contributed by atoms with van der Waals surface area (Å²) in [5, 5.41) is 0. The van der Waals surface area contributed by atoms with E-state index in [9.17, 15) is 0 Å². The highest BCUT2D eigenvalue weighted by Crippen LogP contribution is 2.37. The number of rotatable bonds is 4. The third kappa shape index (κ3) is 3.51. The predicted octanol–water partition coefficient (Wildman–Crippen LogP) is 3.90. The van der Waals surface area contributed by atoms with Crippen molar-refractivity contribution in [2.24, 2.45) is 11.1 Å². The maximum Gasteiger partial charge on any atom is 0.0572 e. The SMILES string of the molecule is CC[C@@H](N)c1ccc(N(C)C2CCC(C)(C)CC2)cn1. The normalized spacial score (nSPS) is 20.6. The van der Waals surface area contributed by atoms with Gasteiger partial charge >= 0.3 is 0 Å². The molecular formula is C17H29N3. The summed E-state index contributed by atoms with van der Waals surface area (Å²) < 4.78 is 0. The van der Waals surface area contributed by atoms with Crippen LogP contribution in [0.4, 0.5) is 5.69 Å². The van der Waals surface area contributed by atoms with Crippen LogP contribution < -0.4 is 10.6 Å². The number of anilines is 1. The van der Waals surface area contributed by atoms with Crippen molar-refractivity contribution in [3.63, 3.8) is 0 Å². The summed E-state index contributed by atoms with van der Waals surface area (Å²) in [6.45, 7) is 6.85. The van der Waals surface area contributed by atoms with Gasteiger partial charge in [0.25, 0.3) is 0 Å². The lowest BCUT2D eigenvalue weighted by molar-refractivity contribution is 0.222. The van der Waals surface area contributed by atoms with E-state index in [-0.39, 0.29) is 6.04 Å². The first-order chi connectivity index (χ1) is 9.43. The molecule has 2 N–H and O–H groups in total. The van der Waals surface area contributed by atoms with Crippen molar-refractivity contribution >= 4 is 5.69 Å². The lowest BCUT2D eigenvalue weighted by atomic mass is 9.75. The Balaban J connectivity index is 2.01. The van der Waals surface area contributed by atoms with Gasteiger partial charge in [0.05, 0.1) is 17.6 Å². The minimum atomic E-state index is 0.0600. The fourth-order valence-electron chi connectivity index (χ4n) is 3.02. The average molecular weight is 275 g/mol. The first kappa shape index (κ1) is 15.3. The van der Waals surface area contributed by atoms with Gasteiger partial charge in [-0.1, -0.05) is 20.8 Å². The van der Waals surface area contributed by atoms with Crippen LogP contribution in [0, 0.1) is 5.41 Å². The molecule has 1 saturated carbocycles. The molecule has 112 valence electrons. The van der Waals surface area contributed by atoms with Crippen molar-refractivity contribution in [3.8, 4) is 0 Å². The molecule has 1 heterocycles. The highest BCUT2D eigenvalue weighted by molar-refractivity contribution is 5.45. The molecule has 3 heteroatoms. The molecule has 1 fully saturated rings. The molecule has 0 radical (unpaired) electrons. The Bertz CT molecular complexity index is 414. The molecule has 0 aromatic carbocycles. The summed E-state index contributed by atoms with van der Waals surface area (Å²) in [6, 6.07) is 4.95. The average Bonchev–Trinajstić information content (AvgIpc) is 2.46. The Hall–Kier alpha value is -1.09. The third-order valence-corrected chi connectivity index (χ3v) is 4.85. The van der Waals surface area contributed by atoms with Crippen molar-refractivity contribution in [1.82, 2.24) is 4.98 Å². The van der Waals surface area contributed by atoms with Gasteiger partial charge in [-0.3, -0.25) is 4.98 Å². The van der Waals surface area contributed by atoms with Crippen LogP contribution in [0.5, 0.6) is 0 Å². The van der Waals surface area contributed by atoms with Crippen molar-refractivity contribution < 1.29 is 0 Å². The Morgan fingerprint density at radius 2 is 2.00 bits per heavy atom. The van der Waals surface area contributed by atoms with Gasteiger partial charge in [-0.25, -0.2) is 0 Å². The van der Waals surface area contributed by atoms with Crippen LogP contribution in [-0.2, 0) is 0 Å². The predicted molar refractivity (Wildman–Crippen MR) is 85.9 cm³/mol. The molecule has 3 nitrogen and oxygen atoms in total. The van der Waals surface area contributed by atoms with Crippen molar-refractivity contribution in [3.05, 3.63) is 24.0 Å². The zero-order valence-electron chi connectivity index (χ0n) is 13.4. The molecule has 0 spiro atoms. The highest BCUT2D eigenvalue weighted by Gasteiger charge is 2.29. The van der Waals surface area contributed by atoms with Gasteiger partial charge in [-0.05, 0) is 49.7 Å². The first-order valence-corrected chi connectivity index (χ1v) is 7.87. The first-order valence-electron chi connectivity index (χ1n) is 7.87. The largest absolute Gasteiger partial charge is 0.370 e. The number of hydrogen-bond donors (Lipinski definition) is 1. The second kappa shape index (κ2) is 6.13. The summed E-state index contributed by atoms with van der Waals surface area (Å²) in [5.74, 6) is 0. The monoisotopic (exact) mass is 275 g/mol. The zero-order chi connectivity index (χ0) is 14.8. The van der Waals surface area contributed by atoms with E-state index >= 15 is 0 Å². The molecule has 1 aromatic heterocycles. The van der Waals surface area contributed by atoms with E-state index in [0.717, 1.165) is 12.1 Å². The maximum atomic E-state index is 6.02. The lowest BCUT2D eigenvalue weighted by Gasteiger charge is -2.39. The van der Waals surface area contributed by atoms with Crippen LogP contribution in [0.15, 0.2) is 18.3 Å². The molecule has 1 atom stereocenters. The molecule has 20 heavy (non-hydrogen) atoms. The highest BCUT2D eigenvalue weighted by atomic mass is 15.1. The molecule has 1 aromatic rings. The number of hydrogen-bond acceptors (Lipinski definition) is 3. The van der Waals surface area contributed by atoms with Crippen molar-refractivity contribution in [2.75, 3.05) is 11.9 Å². The van der Waals surface area contributed by atoms with E-state index in [1.807, 2.05) is 6.20 Å². The Kier molecular flexibility index (Phi) is 4.69. The summed E-state index contributed by atoms with van der Waals surface area (Å²) >= 11 is 0. The minimum absolute atomic E-state index is 0.0600. The van der Waals surface area contributed by atoms with Gasteiger partial charge in [-0.15, -0.1) is 0 Å². The standard InChI is InChI=1S/C17H29N3/c1-5-15(18)16-7-6-14(12-19-16)20(4)13-8-10-17(2,3)11-9-13/h6-7,12-13,15H,5,8-11,18H2,1-4H3/t15-/m1/s1. The molecule has 0 bridgehead atoms. The number of nitrogens with two attached hydrogens (primary N) is 1. The molecule has 0 unspecified atom stereocenters. The van der Waals surface area contributed by atoms with Gasteiger partial charge in [0.15, 0.2) is 0 Å².